The number of aromatic nitrogens is 1. The molecular weight excluding hydrogens is 434 g/mol. The lowest BCUT2D eigenvalue weighted by atomic mass is 10.0. The highest BCUT2D eigenvalue weighted by Crippen LogP contribution is 2.22. The second-order valence-corrected chi connectivity index (χ2v) is 8.30. The zero-order valence-corrected chi connectivity index (χ0v) is 20.1. The molecular formula is C30H31N3O2. The maximum absolute atomic E-state index is 13.2. The van der Waals surface area contributed by atoms with Crippen LogP contribution in [0.3, 0.4) is 0 Å². The lowest BCUT2D eigenvalue weighted by molar-refractivity contribution is -0.145. The van der Waals surface area contributed by atoms with Crippen LogP contribution in [-0.2, 0) is 22.6 Å². The summed E-state index contributed by atoms with van der Waals surface area (Å²) >= 11 is 0. The first-order chi connectivity index (χ1) is 17.2. The van der Waals surface area contributed by atoms with Gasteiger partial charge in [0, 0.05) is 40.6 Å². The second-order valence-electron chi connectivity index (χ2n) is 8.30. The molecule has 0 aliphatic carbocycles. The molecule has 178 valence electrons. The predicted octanol–water partition coefficient (Wildman–Crippen LogP) is 6.83. The number of rotatable bonds is 10. The van der Waals surface area contributed by atoms with E-state index in [1.807, 2.05) is 111 Å². The summed E-state index contributed by atoms with van der Waals surface area (Å²) in [7, 11) is 0. The summed E-state index contributed by atoms with van der Waals surface area (Å²) in [6.07, 6.45) is 8.51. The largest absolute Gasteiger partial charge is 0.459 e. The molecule has 1 aromatic heterocycles. The number of hydrogen-bond donors (Lipinski definition) is 3. The fourth-order valence-corrected chi connectivity index (χ4v) is 3.95. The normalized spacial score (nSPS) is 12.6. The zero-order chi connectivity index (χ0) is 24.5. The van der Waals surface area contributed by atoms with Crippen LogP contribution in [0.25, 0.3) is 10.9 Å². The first-order valence-corrected chi connectivity index (χ1v) is 11.8. The Balaban J connectivity index is 1.51. The minimum Gasteiger partial charge on any atom is -0.459 e. The van der Waals surface area contributed by atoms with Crippen molar-refractivity contribution >= 4 is 28.2 Å². The van der Waals surface area contributed by atoms with Crippen LogP contribution in [-0.4, -0.2) is 17.0 Å². The lowest BCUT2D eigenvalue weighted by Crippen LogP contribution is -2.33. The van der Waals surface area contributed by atoms with E-state index in [0.717, 1.165) is 39.1 Å². The van der Waals surface area contributed by atoms with Crippen molar-refractivity contribution in [1.29, 1.82) is 0 Å². The number of carbonyl (C=O) groups excluding carboxylic acids is 1. The van der Waals surface area contributed by atoms with Crippen LogP contribution in [0.15, 0.2) is 109 Å². The number of anilines is 2. The Morgan fingerprint density at radius 3 is 2.40 bits per heavy atom. The van der Waals surface area contributed by atoms with Crippen LogP contribution in [0, 0.1) is 0 Å². The summed E-state index contributed by atoms with van der Waals surface area (Å²) in [5.41, 5.74) is 5.93. The topological polar surface area (TPSA) is 66.1 Å². The number of allylic oxidation sites excluding steroid dienone is 3. The SMILES string of the molecule is C/C=C\C(=C/C)Nc1ccc(NC(Cc2c[nH]c3ccccc23)C(=O)OCc2ccccc2)cc1. The summed E-state index contributed by atoms with van der Waals surface area (Å²) in [4.78, 5) is 16.5. The van der Waals surface area contributed by atoms with Gasteiger partial charge in [-0.25, -0.2) is 4.79 Å². The van der Waals surface area contributed by atoms with E-state index in [1.54, 1.807) is 0 Å². The fraction of sp³-hybridized carbons (Fsp3) is 0.167. The Morgan fingerprint density at radius 1 is 0.943 bits per heavy atom. The van der Waals surface area contributed by atoms with Crippen molar-refractivity contribution in [2.45, 2.75) is 32.9 Å². The van der Waals surface area contributed by atoms with E-state index in [4.69, 9.17) is 4.74 Å². The van der Waals surface area contributed by atoms with Crippen molar-refractivity contribution in [3.05, 3.63) is 120 Å². The molecule has 0 aliphatic rings. The van der Waals surface area contributed by atoms with Crippen LogP contribution < -0.4 is 10.6 Å². The number of hydrogen-bond acceptors (Lipinski definition) is 4. The number of fused-ring (bicyclic) bond motifs is 1. The Labute approximate surface area is 206 Å². The standard InChI is InChI=1S/C30H31N3O2/c1-3-10-24(4-2)32-25-15-17-26(18-16-25)33-29(30(34)35-21-22-11-6-5-7-12-22)19-23-20-31-28-14-9-8-13-27(23)28/h3-18,20,29,31-33H,19,21H2,1-2H3/b10-3-,24-4+. The number of benzene rings is 3. The molecule has 0 aliphatic heterocycles. The Hall–Kier alpha value is -4.25. The Bertz CT molecular complexity index is 1300. The smallest absolute Gasteiger partial charge is 0.329 e. The maximum atomic E-state index is 13.2. The molecule has 35 heavy (non-hydrogen) atoms. The quantitative estimate of drug-likeness (QED) is 0.177. The number of ether oxygens (including phenoxy) is 1. The third-order valence-electron chi connectivity index (χ3n) is 5.78. The van der Waals surface area contributed by atoms with Gasteiger partial charge in [0.05, 0.1) is 0 Å². The summed E-state index contributed by atoms with van der Waals surface area (Å²) in [5, 5.41) is 7.88. The minimum absolute atomic E-state index is 0.242. The van der Waals surface area contributed by atoms with Gasteiger partial charge in [0.25, 0.3) is 0 Å². The number of carbonyl (C=O) groups is 1. The fourth-order valence-electron chi connectivity index (χ4n) is 3.95. The van der Waals surface area contributed by atoms with Crippen LogP contribution in [0.4, 0.5) is 11.4 Å². The molecule has 0 saturated heterocycles. The van der Waals surface area contributed by atoms with Gasteiger partial charge in [-0.1, -0.05) is 60.7 Å². The molecule has 0 bridgehead atoms. The highest BCUT2D eigenvalue weighted by molar-refractivity contribution is 5.85. The summed E-state index contributed by atoms with van der Waals surface area (Å²) in [6.45, 7) is 4.23. The average Bonchev–Trinajstić information content (AvgIpc) is 3.31. The molecule has 0 fully saturated rings. The highest BCUT2D eigenvalue weighted by Gasteiger charge is 2.22. The second kappa shape index (κ2) is 11.7. The summed E-state index contributed by atoms with van der Waals surface area (Å²) in [5.74, 6) is -0.286. The molecule has 4 rings (SSSR count). The Morgan fingerprint density at radius 2 is 1.66 bits per heavy atom. The molecule has 1 unspecified atom stereocenters. The van der Waals surface area contributed by atoms with E-state index in [1.165, 1.54) is 0 Å². The van der Waals surface area contributed by atoms with Crippen LogP contribution in [0.2, 0.25) is 0 Å². The number of aromatic amines is 1. The van der Waals surface area contributed by atoms with Gasteiger partial charge >= 0.3 is 5.97 Å². The molecule has 0 amide bonds. The van der Waals surface area contributed by atoms with Gasteiger partial charge in [0.1, 0.15) is 12.6 Å². The van der Waals surface area contributed by atoms with Crippen molar-refractivity contribution < 1.29 is 9.53 Å². The highest BCUT2D eigenvalue weighted by atomic mass is 16.5. The van der Waals surface area contributed by atoms with Crippen LogP contribution >= 0.6 is 0 Å². The monoisotopic (exact) mass is 465 g/mol. The lowest BCUT2D eigenvalue weighted by Gasteiger charge is -2.19. The number of esters is 1. The van der Waals surface area contributed by atoms with E-state index in [2.05, 4.69) is 21.7 Å². The molecule has 5 heteroatoms. The molecule has 4 aromatic rings. The predicted molar refractivity (Wildman–Crippen MR) is 144 cm³/mol. The maximum Gasteiger partial charge on any atom is 0.329 e. The van der Waals surface area contributed by atoms with Crippen molar-refractivity contribution in [1.82, 2.24) is 4.98 Å². The summed E-state index contributed by atoms with van der Waals surface area (Å²) < 4.78 is 5.70. The zero-order valence-electron chi connectivity index (χ0n) is 20.1. The third-order valence-corrected chi connectivity index (χ3v) is 5.78. The van der Waals surface area contributed by atoms with E-state index in [-0.39, 0.29) is 12.6 Å². The van der Waals surface area contributed by atoms with Crippen molar-refractivity contribution in [2.24, 2.45) is 0 Å². The first-order valence-electron chi connectivity index (χ1n) is 11.8. The van der Waals surface area contributed by atoms with Crippen LogP contribution in [0.5, 0.6) is 0 Å². The van der Waals surface area contributed by atoms with Crippen LogP contribution in [0.1, 0.15) is 25.0 Å². The van der Waals surface area contributed by atoms with E-state index in [0.29, 0.717) is 6.42 Å². The molecule has 5 nitrogen and oxygen atoms in total. The van der Waals surface area contributed by atoms with Gasteiger partial charge in [0.2, 0.25) is 0 Å². The van der Waals surface area contributed by atoms with Gasteiger partial charge in [-0.05, 0) is 61.4 Å². The molecule has 3 N–H and O–H groups in total. The molecule has 0 spiro atoms. The molecule has 1 atom stereocenters. The van der Waals surface area contributed by atoms with Gasteiger partial charge in [-0.2, -0.15) is 0 Å². The molecule has 0 radical (unpaired) electrons. The van der Waals surface area contributed by atoms with Gasteiger partial charge in [-0.15, -0.1) is 0 Å². The molecule has 1 heterocycles. The van der Waals surface area contributed by atoms with Gasteiger partial charge in [-0.3, -0.25) is 0 Å². The average molecular weight is 466 g/mol. The Kier molecular flexibility index (Phi) is 8.02. The number of nitrogens with one attached hydrogen (secondary N) is 3. The molecule has 3 aromatic carbocycles. The van der Waals surface area contributed by atoms with E-state index < -0.39 is 6.04 Å². The molecule has 0 saturated carbocycles. The third kappa shape index (κ3) is 6.42. The van der Waals surface area contributed by atoms with Gasteiger partial charge < -0.3 is 20.4 Å². The summed E-state index contributed by atoms with van der Waals surface area (Å²) in [6, 6.07) is 25.2. The number of para-hydroxylation sites is 1. The minimum atomic E-state index is -0.536. The number of H-pyrrole nitrogens is 1. The van der Waals surface area contributed by atoms with Crippen molar-refractivity contribution in [3.8, 4) is 0 Å². The van der Waals surface area contributed by atoms with E-state index in [9.17, 15) is 4.79 Å². The van der Waals surface area contributed by atoms with Gasteiger partial charge in [0.15, 0.2) is 0 Å². The van der Waals surface area contributed by atoms with E-state index >= 15 is 0 Å². The van der Waals surface area contributed by atoms with Crippen molar-refractivity contribution in [2.75, 3.05) is 10.6 Å². The first kappa shape index (κ1) is 23.9. The van der Waals surface area contributed by atoms with Crippen molar-refractivity contribution in [3.63, 3.8) is 0 Å².